The molecule has 3 heterocycles. The van der Waals surface area contributed by atoms with Gasteiger partial charge in [0.25, 0.3) is 0 Å². The highest BCUT2D eigenvalue weighted by Gasteiger charge is 2.52. The Bertz CT molecular complexity index is 1140. The van der Waals surface area contributed by atoms with Gasteiger partial charge in [-0.1, -0.05) is 20.8 Å². The minimum Gasteiger partial charge on any atom is -0.459 e. The molecule has 3 fully saturated rings. The van der Waals surface area contributed by atoms with Crippen molar-refractivity contribution in [2.75, 3.05) is 34.8 Å². The number of likely N-dealkylation sites (N-methyl/N-ethyl adjacent to an activating group) is 2. The lowest BCUT2D eigenvalue weighted by Gasteiger charge is -2.48. The summed E-state index contributed by atoms with van der Waals surface area (Å²) in [4.78, 5) is 18.0. The fourth-order valence-electron chi connectivity index (χ4n) is 8.74. The summed E-state index contributed by atoms with van der Waals surface area (Å²) < 4.78 is 37.5. The van der Waals surface area contributed by atoms with Gasteiger partial charge >= 0.3 is 5.97 Å². The van der Waals surface area contributed by atoms with Crippen molar-refractivity contribution >= 4 is 5.97 Å². The van der Waals surface area contributed by atoms with Crippen molar-refractivity contribution in [3.05, 3.63) is 0 Å². The standard InChI is InChI=1S/C38H72N2O12/c1-15-27-38(10,46)31(42)24(6)40(13)19-20(2)17-36(8,45)33(52-35-29(41)26(39(11)12)16-21(3)48-35)22(4)30(23(5)34(44)50-27)51-28-18-37(9,47-14)32(43)25(7)49-28/h20-33,35,41-43,45-46H,15-19H2,1-14H3/t20-,21-,22+,23-,24-,25+,26+,27-,28?,29-,30+,31-,32+,33-,35+,36-,37?,38-/m1/s1. The molecule has 0 aliphatic carbocycles. The Morgan fingerprint density at radius 1 is 0.942 bits per heavy atom. The number of rotatable bonds is 7. The van der Waals surface area contributed by atoms with E-state index in [2.05, 4.69) is 0 Å². The molecule has 0 radical (unpaired) electrons. The van der Waals surface area contributed by atoms with Gasteiger partial charge in [0, 0.05) is 38.1 Å². The summed E-state index contributed by atoms with van der Waals surface area (Å²) in [5.74, 6) is -2.58. The van der Waals surface area contributed by atoms with E-state index >= 15 is 0 Å². The second-order valence-electron chi connectivity index (χ2n) is 17.2. The van der Waals surface area contributed by atoms with Crippen LogP contribution in [0.5, 0.6) is 0 Å². The summed E-state index contributed by atoms with van der Waals surface area (Å²) in [5, 5.41) is 58.1. The number of esters is 1. The van der Waals surface area contributed by atoms with Crippen LogP contribution >= 0.6 is 0 Å². The molecule has 3 aliphatic heterocycles. The van der Waals surface area contributed by atoms with Gasteiger partial charge in [-0.2, -0.15) is 0 Å². The Labute approximate surface area is 312 Å². The second kappa shape index (κ2) is 17.8. The van der Waals surface area contributed by atoms with Crippen molar-refractivity contribution in [1.29, 1.82) is 0 Å². The zero-order valence-corrected chi connectivity index (χ0v) is 34.2. The van der Waals surface area contributed by atoms with E-state index in [1.54, 1.807) is 41.5 Å². The van der Waals surface area contributed by atoms with Crippen LogP contribution in [-0.2, 0) is 33.2 Å². The van der Waals surface area contributed by atoms with E-state index in [1.165, 1.54) is 14.0 Å². The Morgan fingerprint density at radius 2 is 1.56 bits per heavy atom. The van der Waals surface area contributed by atoms with Crippen LogP contribution in [0.25, 0.3) is 0 Å². The number of carbonyl (C=O) groups excluding carboxylic acids is 1. The zero-order valence-electron chi connectivity index (χ0n) is 34.2. The summed E-state index contributed by atoms with van der Waals surface area (Å²) in [7, 11) is 7.12. The third-order valence-corrected chi connectivity index (χ3v) is 12.2. The predicted octanol–water partition coefficient (Wildman–Crippen LogP) is 1.90. The van der Waals surface area contributed by atoms with Gasteiger partial charge in [-0.25, -0.2) is 0 Å². The van der Waals surface area contributed by atoms with Crippen molar-refractivity contribution in [2.24, 2.45) is 17.8 Å². The molecule has 18 atom stereocenters. The molecular formula is C38H72N2O12. The zero-order chi connectivity index (χ0) is 39.7. The van der Waals surface area contributed by atoms with Crippen LogP contribution in [-0.4, -0.2) is 166 Å². The summed E-state index contributed by atoms with van der Waals surface area (Å²) in [6, 6.07) is -0.808. The number of hydrogen-bond acceptors (Lipinski definition) is 14. The quantitative estimate of drug-likeness (QED) is 0.238. The molecule has 14 heteroatoms. The average molecular weight is 749 g/mol. The minimum atomic E-state index is -1.80. The lowest BCUT2D eigenvalue weighted by molar-refractivity contribution is -0.318. The highest BCUT2D eigenvalue weighted by molar-refractivity contribution is 5.73. The van der Waals surface area contributed by atoms with E-state index in [1.807, 2.05) is 51.7 Å². The third-order valence-electron chi connectivity index (χ3n) is 12.2. The van der Waals surface area contributed by atoms with Crippen molar-refractivity contribution in [3.8, 4) is 0 Å². The summed E-state index contributed by atoms with van der Waals surface area (Å²) in [6.45, 7) is 18.0. The average Bonchev–Trinajstić information content (AvgIpc) is 3.05. The third kappa shape index (κ3) is 10.0. The fraction of sp³-hybridized carbons (Fsp3) is 0.974. The fourth-order valence-corrected chi connectivity index (χ4v) is 8.74. The number of nitrogens with zero attached hydrogens (tertiary/aromatic N) is 2. The Morgan fingerprint density at radius 3 is 2.12 bits per heavy atom. The summed E-state index contributed by atoms with van der Waals surface area (Å²) >= 11 is 0. The van der Waals surface area contributed by atoms with Gasteiger partial charge in [0.1, 0.15) is 30.0 Å². The van der Waals surface area contributed by atoms with Crippen LogP contribution in [0.15, 0.2) is 0 Å². The van der Waals surface area contributed by atoms with Gasteiger partial charge in [0.05, 0.1) is 41.5 Å². The van der Waals surface area contributed by atoms with E-state index in [0.717, 1.165) is 0 Å². The number of carbonyl (C=O) groups is 1. The number of hydrogen-bond donors (Lipinski definition) is 5. The summed E-state index contributed by atoms with van der Waals surface area (Å²) in [5.41, 5.74) is -4.37. The SMILES string of the molecule is CC[C@H]1OC(=O)[C@H](C)[C@@H](OC2CC(C)(OC)[C@@H](O)[C@H](C)O2)[C@H](C)[C@@H](O[C@@H]2O[C@H](C)C[C@H](N(C)C)[C@H]2O)[C@](C)(O)C[C@@H](C)CN(C)[C@H](C)[C@@H](O)[C@]1(C)O. The van der Waals surface area contributed by atoms with E-state index in [0.29, 0.717) is 13.0 Å². The molecule has 0 amide bonds. The highest BCUT2D eigenvalue weighted by atomic mass is 16.7. The first-order valence-electron chi connectivity index (χ1n) is 19.1. The van der Waals surface area contributed by atoms with Gasteiger partial charge in [0.15, 0.2) is 12.6 Å². The van der Waals surface area contributed by atoms with Crippen LogP contribution < -0.4 is 0 Å². The molecule has 0 saturated carbocycles. The number of ether oxygens (including phenoxy) is 6. The molecule has 0 aromatic heterocycles. The molecule has 2 unspecified atom stereocenters. The van der Waals surface area contributed by atoms with E-state index < -0.39 is 96.0 Å². The summed E-state index contributed by atoms with van der Waals surface area (Å²) in [6.07, 6.45) is -8.19. The molecule has 0 aromatic rings. The Hall–Kier alpha value is -1.01. The topological polar surface area (TPSA) is 180 Å². The van der Waals surface area contributed by atoms with E-state index in [-0.39, 0.29) is 37.3 Å². The second-order valence-corrected chi connectivity index (χ2v) is 17.2. The number of methoxy groups -OCH3 is 1. The van der Waals surface area contributed by atoms with E-state index in [9.17, 15) is 30.3 Å². The molecule has 5 N–H and O–H groups in total. The monoisotopic (exact) mass is 749 g/mol. The smallest absolute Gasteiger partial charge is 0.311 e. The molecule has 14 nitrogen and oxygen atoms in total. The van der Waals surface area contributed by atoms with Crippen LogP contribution in [0.4, 0.5) is 0 Å². The molecule has 0 aromatic carbocycles. The first-order valence-corrected chi connectivity index (χ1v) is 19.1. The highest BCUT2D eigenvalue weighted by Crippen LogP contribution is 2.40. The Balaban J connectivity index is 2.17. The lowest BCUT2D eigenvalue weighted by Crippen LogP contribution is -2.60. The maximum absolute atomic E-state index is 14.2. The molecule has 306 valence electrons. The van der Waals surface area contributed by atoms with E-state index in [4.69, 9.17) is 28.4 Å². The first kappa shape index (κ1) is 45.4. The Kier molecular flexibility index (Phi) is 15.6. The molecule has 3 rings (SSSR count). The van der Waals surface area contributed by atoms with Crippen LogP contribution in [0.3, 0.4) is 0 Å². The molecule has 3 aliphatic rings. The van der Waals surface area contributed by atoms with Gasteiger partial charge in [-0.3, -0.25) is 4.79 Å². The number of aliphatic hydroxyl groups is 5. The molecule has 3 saturated heterocycles. The normalized spacial score (nSPS) is 49.6. The van der Waals surface area contributed by atoms with Gasteiger partial charge < -0.3 is 63.8 Å². The largest absolute Gasteiger partial charge is 0.459 e. The predicted molar refractivity (Wildman–Crippen MR) is 194 cm³/mol. The molecule has 0 spiro atoms. The molecule has 52 heavy (non-hydrogen) atoms. The van der Waals surface area contributed by atoms with Gasteiger partial charge in [0.2, 0.25) is 0 Å². The molecule has 0 bridgehead atoms. The maximum Gasteiger partial charge on any atom is 0.311 e. The van der Waals surface area contributed by atoms with Crippen molar-refractivity contribution in [3.63, 3.8) is 0 Å². The van der Waals surface area contributed by atoms with Crippen molar-refractivity contribution in [1.82, 2.24) is 9.80 Å². The first-order chi connectivity index (χ1) is 23.9. The van der Waals surface area contributed by atoms with Crippen molar-refractivity contribution in [2.45, 2.75) is 185 Å². The van der Waals surface area contributed by atoms with Crippen LogP contribution in [0, 0.1) is 17.8 Å². The number of aliphatic hydroxyl groups excluding tert-OH is 3. The number of cyclic esters (lactones) is 1. The maximum atomic E-state index is 14.2. The van der Waals surface area contributed by atoms with Crippen LogP contribution in [0.2, 0.25) is 0 Å². The molecular weight excluding hydrogens is 676 g/mol. The van der Waals surface area contributed by atoms with Crippen LogP contribution in [0.1, 0.15) is 94.9 Å². The lowest BCUT2D eigenvalue weighted by atomic mass is 9.77. The van der Waals surface area contributed by atoms with Gasteiger partial charge in [-0.05, 0) is 94.8 Å². The minimum absolute atomic E-state index is 0.133. The van der Waals surface area contributed by atoms with Gasteiger partial charge in [-0.15, -0.1) is 0 Å². The van der Waals surface area contributed by atoms with Crippen molar-refractivity contribution < 1.29 is 58.7 Å².